The standard InChI is InChI=1S/C21H24F3N7O3S/c1-15-25-5-6-30(15)18-4-3-16(19(11-18)21(22,23)24)13-28-7-9-29(10-8-28)20(32)31-14-17(12-26-31)27-35(2,33)34/h3-6,11-12,14,27H,7-10,13H2,1-2H3. The molecule has 0 radical (unpaired) electrons. The molecule has 3 heterocycles. The highest BCUT2D eigenvalue weighted by Gasteiger charge is 2.34. The SMILES string of the molecule is Cc1nccn1-c1ccc(CN2CCN(C(=O)n3cc(NS(C)(=O)=O)cn3)CC2)c(C(F)(F)F)c1. The molecule has 1 N–H and O–H groups in total. The van der Waals surface area contributed by atoms with E-state index < -0.39 is 27.8 Å². The normalized spacial score (nSPS) is 15.4. The molecule has 1 saturated heterocycles. The van der Waals surface area contributed by atoms with E-state index in [1.54, 1.807) is 23.8 Å². The molecule has 1 fully saturated rings. The number of hydrogen-bond acceptors (Lipinski definition) is 6. The minimum absolute atomic E-state index is 0.0876. The Bertz CT molecular complexity index is 1330. The van der Waals surface area contributed by atoms with E-state index in [2.05, 4.69) is 14.8 Å². The summed E-state index contributed by atoms with van der Waals surface area (Å²) in [6.45, 7) is 3.14. The van der Waals surface area contributed by atoms with Crippen LogP contribution in [0.25, 0.3) is 5.69 Å². The van der Waals surface area contributed by atoms with Crippen LogP contribution in [0.1, 0.15) is 17.0 Å². The average Bonchev–Trinajstić information content (AvgIpc) is 3.41. The van der Waals surface area contributed by atoms with Crippen molar-refractivity contribution in [2.45, 2.75) is 19.6 Å². The number of nitrogens with zero attached hydrogens (tertiary/aromatic N) is 6. The molecule has 2 aromatic heterocycles. The number of hydrogen-bond donors (Lipinski definition) is 1. The van der Waals surface area contributed by atoms with Gasteiger partial charge in [0, 0.05) is 50.8 Å². The van der Waals surface area contributed by atoms with Gasteiger partial charge in [-0.25, -0.2) is 18.2 Å². The maximum Gasteiger partial charge on any atom is 0.416 e. The van der Waals surface area contributed by atoms with E-state index in [0.717, 1.165) is 17.0 Å². The van der Waals surface area contributed by atoms with Crippen molar-refractivity contribution in [2.75, 3.05) is 37.2 Å². The number of rotatable bonds is 5. The molecule has 10 nitrogen and oxygen atoms in total. The number of amides is 1. The molecular weight excluding hydrogens is 487 g/mol. The van der Waals surface area contributed by atoms with E-state index in [1.165, 1.54) is 29.6 Å². The predicted octanol–water partition coefficient (Wildman–Crippen LogP) is 2.55. The Morgan fingerprint density at radius 1 is 1.17 bits per heavy atom. The van der Waals surface area contributed by atoms with Crippen LogP contribution in [0, 0.1) is 6.92 Å². The third kappa shape index (κ3) is 5.82. The summed E-state index contributed by atoms with van der Waals surface area (Å²) in [6, 6.07) is 3.81. The fraction of sp³-hybridized carbons (Fsp3) is 0.381. The maximum absolute atomic E-state index is 13.8. The molecule has 3 aromatic rings. The molecule has 0 spiro atoms. The van der Waals surface area contributed by atoms with Crippen LogP contribution in [-0.4, -0.2) is 76.0 Å². The second-order valence-electron chi connectivity index (χ2n) is 8.28. The van der Waals surface area contributed by atoms with Crippen LogP contribution in [0.15, 0.2) is 43.0 Å². The number of carbonyl (C=O) groups is 1. The number of carbonyl (C=O) groups excluding carboxylic acids is 1. The topological polar surface area (TPSA) is 105 Å². The fourth-order valence-corrected chi connectivity index (χ4v) is 4.48. The number of nitrogens with one attached hydrogen (secondary N) is 1. The van der Waals surface area contributed by atoms with E-state index >= 15 is 0 Å². The van der Waals surface area contributed by atoms with Crippen molar-refractivity contribution in [3.05, 3.63) is 59.9 Å². The van der Waals surface area contributed by atoms with Crippen molar-refractivity contribution in [3.63, 3.8) is 0 Å². The lowest BCUT2D eigenvalue weighted by Crippen LogP contribution is -2.49. The van der Waals surface area contributed by atoms with Crippen molar-refractivity contribution in [3.8, 4) is 5.69 Å². The molecule has 0 bridgehead atoms. The van der Waals surface area contributed by atoms with E-state index in [9.17, 15) is 26.4 Å². The third-order valence-corrected chi connectivity index (χ3v) is 6.23. The van der Waals surface area contributed by atoms with Gasteiger partial charge in [0.25, 0.3) is 0 Å². The van der Waals surface area contributed by atoms with E-state index in [4.69, 9.17) is 0 Å². The van der Waals surface area contributed by atoms with E-state index in [-0.39, 0.29) is 17.8 Å². The summed E-state index contributed by atoms with van der Waals surface area (Å²) in [6.07, 6.45) is 2.11. The smallest absolute Gasteiger partial charge is 0.320 e. The monoisotopic (exact) mass is 511 g/mol. The van der Waals surface area contributed by atoms with Crippen molar-refractivity contribution in [1.82, 2.24) is 29.1 Å². The van der Waals surface area contributed by atoms with E-state index in [1.807, 2.05) is 4.90 Å². The second-order valence-corrected chi connectivity index (χ2v) is 10.0. The van der Waals surface area contributed by atoms with Gasteiger partial charge in [-0.3, -0.25) is 9.62 Å². The van der Waals surface area contributed by atoms with Gasteiger partial charge in [0.15, 0.2) is 0 Å². The molecule has 188 valence electrons. The van der Waals surface area contributed by atoms with Crippen LogP contribution in [0.2, 0.25) is 0 Å². The Morgan fingerprint density at radius 2 is 1.89 bits per heavy atom. The number of piperazine rings is 1. The minimum Gasteiger partial charge on any atom is -0.320 e. The molecule has 0 saturated carbocycles. The quantitative estimate of drug-likeness (QED) is 0.565. The van der Waals surface area contributed by atoms with Gasteiger partial charge in [0.05, 0.1) is 29.9 Å². The van der Waals surface area contributed by atoms with Crippen molar-refractivity contribution in [2.24, 2.45) is 0 Å². The highest BCUT2D eigenvalue weighted by atomic mass is 32.2. The zero-order chi connectivity index (χ0) is 25.4. The molecule has 0 aliphatic carbocycles. The summed E-state index contributed by atoms with van der Waals surface area (Å²) in [7, 11) is -3.50. The summed E-state index contributed by atoms with van der Waals surface area (Å²) in [5.74, 6) is 0.586. The lowest BCUT2D eigenvalue weighted by Gasteiger charge is -2.34. The average molecular weight is 512 g/mol. The first-order valence-corrected chi connectivity index (χ1v) is 12.5. The first-order chi connectivity index (χ1) is 16.4. The number of imidazole rings is 1. The van der Waals surface area contributed by atoms with Crippen molar-refractivity contribution >= 4 is 21.7 Å². The summed E-state index contributed by atoms with van der Waals surface area (Å²) in [5.41, 5.74) is -0.00430. The molecule has 1 aliphatic rings. The van der Waals surface area contributed by atoms with Gasteiger partial charge in [0.1, 0.15) is 5.82 Å². The lowest BCUT2D eigenvalue weighted by atomic mass is 10.0. The summed E-state index contributed by atoms with van der Waals surface area (Å²) < 4.78 is 69.0. The Hall–Kier alpha value is -3.39. The van der Waals surface area contributed by atoms with Crippen LogP contribution >= 0.6 is 0 Å². The Labute approximate surface area is 200 Å². The third-order valence-electron chi connectivity index (χ3n) is 5.62. The molecule has 4 rings (SSSR count). The number of benzene rings is 1. The lowest BCUT2D eigenvalue weighted by molar-refractivity contribution is -0.138. The molecule has 14 heteroatoms. The van der Waals surface area contributed by atoms with Gasteiger partial charge in [-0.1, -0.05) is 6.07 Å². The van der Waals surface area contributed by atoms with Gasteiger partial charge in [-0.2, -0.15) is 23.0 Å². The van der Waals surface area contributed by atoms with Crippen LogP contribution in [0.3, 0.4) is 0 Å². The molecule has 0 atom stereocenters. The fourth-order valence-electron chi connectivity index (χ4n) is 3.94. The number of aromatic nitrogens is 4. The highest BCUT2D eigenvalue weighted by Crippen LogP contribution is 2.34. The predicted molar refractivity (Wildman–Crippen MR) is 122 cm³/mol. The van der Waals surface area contributed by atoms with E-state index in [0.29, 0.717) is 37.7 Å². The number of aryl methyl sites for hydroxylation is 1. The van der Waals surface area contributed by atoms with Gasteiger partial charge in [-0.15, -0.1) is 0 Å². The van der Waals surface area contributed by atoms with Crippen LogP contribution in [0.4, 0.5) is 23.7 Å². The first-order valence-electron chi connectivity index (χ1n) is 10.7. The highest BCUT2D eigenvalue weighted by molar-refractivity contribution is 7.92. The molecule has 1 amide bonds. The van der Waals surface area contributed by atoms with Crippen LogP contribution < -0.4 is 4.72 Å². The Kier molecular flexibility index (Phi) is 6.60. The van der Waals surface area contributed by atoms with Gasteiger partial charge >= 0.3 is 12.2 Å². The van der Waals surface area contributed by atoms with Gasteiger partial charge in [-0.05, 0) is 24.6 Å². The minimum atomic E-state index is -4.52. The zero-order valence-electron chi connectivity index (χ0n) is 19.0. The summed E-state index contributed by atoms with van der Waals surface area (Å²) >= 11 is 0. The van der Waals surface area contributed by atoms with Crippen LogP contribution in [-0.2, 0) is 22.7 Å². The van der Waals surface area contributed by atoms with Gasteiger partial charge in [0.2, 0.25) is 10.0 Å². The molecular formula is C21H24F3N7O3S. The zero-order valence-corrected chi connectivity index (χ0v) is 19.8. The number of anilines is 1. The first kappa shape index (κ1) is 24.7. The molecule has 35 heavy (non-hydrogen) atoms. The Morgan fingerprint density at radius 3 is 2.49 bits per heavy atom. The largest absolute Gasteiger partial charge is 0.416 e. The maximum atomic E-state index is 13.8. The van der Waals surface area contributed by atoms with Crippen LogP contribution in [0.5, 0.6) is 0 Å². The molecule has 0 unspecified atom stereocenters. The molecule has 1 aromatic carbocycles. The van der Waals surface area contributed by atoms with Gasteiger partial charge < -0.3 is 9.47 Å². The molecule has 1 aliphatic heterocycles. The Balaban J connectivity index is 1.42. The van der Waals surface area contributed by atoms with Crippen molar-refractivity contribution < 1.29 is 26.4 Å². The number of sulfonamides is 1. The second kappa shape index (κ2) is 9.34. The number of alkyl halides is 3. The summed E-state index contributed by atoms with van der Waals surface area (Å²) in [4.78, 5) is 20.1. The number of halogens is 3. The summed E-state index contributed by atoms with van der Waals surface area (Å²) in [5, 5.41) is 3.89. The van der Waals surface area contributed by atoms with Crippen molar-refractivity contribution in [1.29, 1.82) is 0 Å².